The van der Waals surface area contributed by atoms with Crippen LogP contribution in [0.4, 0.5) is 0 Å². The van der Waals surface area contributed by atoms with Gasteiger partial charge in [-0.1, -0.05) is 26.0 Å². The Morgan fingerprint density at radius 1 is 1.06 bits per heavy atom. The summed E-state index contributed by atoms with van der Waals surface area (Å²) in [6.07, 6.45) is 3.24. The van der Waals surface area contributed by atoms with Crippen molar-refractivity contribution in [3.05, 3.63) is 29.8 Å². The summed E-state index contributed by atoms with van der Waals surface area (Å²) in [7, 11) is 1.66. The highest BCUT2D eigenvalue weighted by Crippen LogP contribution is 2.39. The summed E-state index contributed by atoms with van der Waals surface area (Å²) in [6.45, 7) is 4.59. The summed E-state index contributed by atoms with van der Waals surface area (Å²) in [5.41, 5.74) is 1.02. The Balaban J connectivity index is 2.07. The van der Waals surface area contributed by atoms with Crippen LogP contribution in [0, 0.1) is 17.8 Å². The fourth-order valence-corrected chi connectivity index (χ4v) is 3.34. The van der Waals surface area contributed by atoms with E-state index in [1.165, 1.54) is 6.42 Å². The van der Waals surface area contributed by atoms with Gasteiger partial charge in [0.05, 0.1) is 13.2 Å². The largest absolute Gasteiger partial charge is 0.497 e. The molecule has 2 rings (SSSR count). The average molecular weight is 248 g/mol. The van der Waals surface area contributed by atoms with Crippen molar-refractivity contribution in [2.24, 2.45) is 17.8 Å². The van der Waals surface area contributed by atoms with Gasteiger partial charge in [0.2, 0.25) is 0 Å². The molecule has 18 heavy (non-hydrogen) atoms. The zero-order valence-corrected chi connectivity index (χ0v) is 11.6. The lowest BCUT2D eigenvalue weighted by Crippen LogP contribution is -2.24. The van der Waals surface area contributed by atoms with Crippen molar-refractivity contribution in [2.75, 3.05) is 7.11 Å². The van der Waals surface area contributed by atoms with E-state index in [9.17, 15) is 5.11 Å². The predicted octanol–water partition coefficient (Wildman–Crippen LogP) is 3.80. The van der Waals surface area contributed by atoms with E-state index in [0.29, 0.717) is 5.92 Å². The molecule has 0 aromatic heterocycles. The molecule has 1 aliphatic carbocycles. The molecule has 1 aromatic rings. The SMILES string of the molecule is COc1ccc(C(O)C2CC(C)CC(C)C2)cc1. The highest BCUT2D eigenvalue weighted by atomic mass is 16.5. The Morgan fingerprint density at radius 3 is 2.11 bits per heavy atom. The molecule has 2 nitrogen and oxygen atoms in total. The van der Waals surface area contributed by atoms with Crippen LogP contribution in [0.15, 0.2) is 24.3 Å². The van der Waals surface area contributed by atoms with Crippen LogP contribution in [-0.4, -0.2) is 12.2 Å². The predicted molar refractivity (Wildman–Crippen MR) is 73.6 cm³/mol. The quantitative estimate of drug-likeness (QED) is 0.881. The number of methoxy groups -OCH3 is 1. The number of aliphatic hydroxyl groups is 1. The number of hydrogen-bond acceptors (Lipinski definition) is 2. The number of aliphatic hydroxyl groups excluding tert-OH is 1. The Kier molecular flexibility index (Phi) is 4.28. The van der Waals surface area contributed by atoms with Crippen LogP contribution in [0.5, 0.6) is 5.75 Å². The molecule has 3 atom stereocenters. The van der Waals surface area contributed by atoms with Crippen LogP contribution in [0.2, 0.25) is 0 Å². The Labute approximate surface area is 110 Å². The molecular formula is C16H24O2. The first-order valence-corrected chi connectivity index (χ1v) is 6.92. The van der Waals surface area contributed by atoms with Gasteiger partial charge >= 0.3 is 0 Å². The molecule has 1 N–H and O–H groups in total. The highest BCUT2D eigenvalue weighted by Gasteiger charge is 2.29. The minimum absolute atomic E-state index is 0.332. The normalized spacial score (nSPS) is 29.9. The standard InChI is InChI=1S/C16H24O2/c1-11-8-12(2)10-14(9-11)16(17)13-4-6-15(18-3)7-5-13/h4-7,11-12,14,16-17H,8-10H2,1-3H3. The van der Waals surface area contributed by atoms with Gasteiger partial charge in [-0.3, -0.25) is 0 Å². The van der Waals surface area contributed by atoms with Gasteiger partial charge < -0.3 is 9.84 Å². The first-order chi connectivity index (χ1) is 8.60. The van der Waals surface area contributed by atoms with Gasteiger partial charge in [-0.25, -0.2) is 0 Å². The van der Waals surface area contributed by atoms with Crippen molar-refractivity contribution in [1.29, 1.82) is 0 Å². The second kappa shape index (κ2) is 5.75. The molecule has 0 saturated heterocycles. The molecule has 0 heterocycles. The molecule has 0 radical (unpaired) electrons. The lowest BCUT2D eigenvalue weighted by atomic mass is 9.73. The first kappa shape index (κ1) is 13.4. The van der Waals surface area contributed by atoms with Crippen molar-refractivity contribution < 1.29 is 9.84 Å². The van der Waals surface area contributed by atoms with E-state index in [-0.39, 0.29) is 6.10 Å². The van der Waals surface area contributed by atoms with Crippen molar-refractivity contribution in [3.8, 4) is 5.75 Å². The van der Waals surface area contributed by atoms with Crippen molar-refractivity contribution in [3.63, 3.8) is 0 Å². The Bertz CT molecular complexity index is 361. The van der Waals surface area contributed by atoms with Gasteiger partial charge in [-0.05, 0) is 54.7 Å². The Hall–Kier alpha value is -1.02. The Morgan fingerprint density at radius 2 is 1.61 bits per heavy atom. The van der Waals surface area contributed by atoms with E-state index >= 15 is 0 Å². The average Bonchev–Trinajstić information content (AvgIpc) is 2.37. The monoisotopic (exact) mass is 248 g/mol. The fraction of sp³-hybridized carbons (Fsp3) is 0.625. The van der Waals surface area contributed by atoms with Crippen LogP contribution in [0.3, 0.4) is 0 Å². The number of rotatable bonds is 3. The molecule has 1 saturated carbocycles. The van der Waals surface area contributed by atoms with Crippen molar-refractivity contribution in [2.45, 2.75) is 39.2 Å². The molecule has 0 amide bonds. The van der Waals surface area contributed by atoms with Gasteiger partial charge in [-0.15, -0.1) is 0 Å². The lowest BCUT2D eigenvalue weighted by molar-refractivity contribution is 0.0551. The molecule has 1 aliphatic rings. The fourth-order valence-electron chi connectivity index (χ4n) is 3.34. The highest BCUT2D eigenvalue weighted by molar-refractivity contribution is 5.28. The van der Waals surface area contributed by atoms with Crippen molar-refractivity contribution in [1.82, 2.24) is 0 Å². The van der Waals surface area contributed by atoms with Crippen LogP contribution < -0.4 is 4.74 Å². The minimum Gasteiger partial charge on any atom is -0.497 e. The van der Waals surface area contributed by atoms with E-state index in [2.05, 4.69) is 13.8 Å². The van der Waals surface area contributed by atoms with Gasteiger partial charge in [-0.2, -0.15) is 0 Å². The van der Waals surface area contributed by atoms with Crippen molar-refractivity contribution >= 4 is 0 Å². The summed E-state index contributed by atoms with van der Waals surface area (Å²) in [5.74, 6) is 2.70. The summed E-state index contributed by atoms with van der Waals surface area (Å²) in [6, 6.07) is 7.81. The zero-order chi connectivity index (χ0) is 13.1. The topological polar surface area (TPSA) is 29.5 Å². The van der Waals surface area contributed by atoms with E-state index in [4.69, 9.17) is 4.74 Å². The second-order valence-corrected chi connectivity index (χ2v) is 5.90. The third kappa shape index (κ3) is 3.05. The van der Waals surface area contributed by atoms with Gasteiger partial charge in [0.25, 0.3) is 0 Å². The zero-order valence-electron chi connectivity index (χ0n) is 11.6. The van der Waals surface area contributed by atoms with Crippen LogP contribution in [0.1, 0.15) is 44.8 Å². The molecule has 3 unspecified atom stereocenters. The third-order valence-corrected chi connectivity index (χ3v) is 4.12. The smallest absolute Gasteiger partial charge is 0.118 e. The van der Waals surface area contributed by atoms with Crippen LogP contribution in [-0.2, 0) is 0 Å². The van der Waals surface area contributed by atoms with Gasteiger partial charge in [0, 0.05) is 0 Å². The lowest BCUT2D eigenvalue weighted by Gasteiger charge is -2.34. The molecule has 0 bridgehead atoms. The minimum atomic E-state index is -0.332. The van der Waals surface area contributed by atoms with Gasteiger partial charge in [0.1, 0.15) is 5.75 Å². The molecule has 1 aromatic carbocycles. The molecule has 0 spiro atoms. The summed E-state index contributed by atoms with van der Waals surface area (Å²) in [5, 5.41) is 10.5. The number of ether oxygens (including phenoxy) is 1. The number of hydrogen-bond donors (Lipinski definition) is 1. The summed E-state index contributed by atoms with van der Waals surface area (Å²) in [4.78, 5) is 0. The molecular weight excluding hydrogens is 224 g/mol. The first-order valence-electron chi connectivity index (χ1n) is 6.92. The van der Waals surface area contributed by atoms with E-state index in [1.807, 2.05) is 24.3 Å². The molecule has 100 valence electrons. The maximum absolute atomic E-state index is 10.5. The van der Waals surface area contributed by atoms with Gasteiger partial charge in [0.15, 0.2) is 0 Å². The molecule has 2 heteroatoms. The van der Waals surface area contributed by atoms with E-state index < -0.39 is 0 Å². The second-order valence-electron chi connectivity index (χ2n) is 5.90. The van der Waals surface area contributed by atoms with E-state index in [0.717, 1.165) is 36.0 Å². The maximum atomic E-state index is 10.5. The summed E-state index contributed by atoms with van der Waals surface area (Å²) >= 11 is 0. The van der Waals surface area contributed by atoms with Crippen LogP contribution >= 0.6 is 0 Å². The maximum Gasteiger partial charge on any atom is 0.118 e. The third-order valence-electron chi connectivity index (χ3n) is 4.12. The number of benzene rings is 1. The molecule has 1 fully saturated rings. The van der Waals surface area contributed by atoms with E-state index in [1.54, 1.807) is 7.11 Å². The summed E-state index contributed by atoms with van der Waals surface area (Å²) < 4.78 is 5.15. The molecule has 0 aliphatic heterocycles. The van der Waals surface area contributed by atoms with Crippen LogP contribution in [0.25, 0.3) is 0 Å².